The van der Waals surface area contributed by atoms with Gasteiger partial charge in [-0.15, -0.1) is 0 Å². The first-order valence-corrected chi connectivity index (χ1v) is 10.9. The number of nitrogens with one attached hydrogen (secondary N) is 1. The summed E-state index contributed by atoms with van der Waals surface area (Å²) in [5.74, 6) is 1.61. The van der Waals surface area contributed by atoms with Crippen LogP contribution in [0, 0.1) is 5.92 Å². The Morgan fingerprint density at radius 1 is 1.40 bits per heavy atom. The minimum atomic E-state index is -2.85. The van der Waals surface area contributed by atoms with E-state index in [9.17, 15) is 8.42 Å². The van der Waals surface area contributed by atoms with Crippen LogP contribution in [0.2, 0.25) is 0 Å². The lowest BCUT2D eigenvalue weighted by molar-refractivity contribution is 0.453. The van der Waals surface area contributed by atoms with Gasteiger partial charge in [-0.1, -0.05) is 12.8 Å². The molecule has 140 valence electrons. The Morgan fingerprint density at radius 3 is 2.76 bits per heavy atom. The molecule has 7 nitrogen and oxygen atoms in total. The molecule has 0 radical (unpaired) electrons. The van der Waals surface area contributed by atoms with Crippen LogP contribution >= 0.6 is 0 Å². The van der Waals surface area contributed by atoms with Gasteiger partial charge < -0.3 is 10.2 Å². The Bertz CT molecular complexity index is 706. The number of rotatable bonds is 5. The zero-order chi connectivity index (χ0) is 17.9. The molecule has 1 atom stereocenters. The number of sulfone groups is 1. The fourth-order valence-corrected chi connectivity index (χ4v) is 5.51. The van der Waals surface area contributed by atoms with Gasteiger partial charge in [0, 0.05) is 45.0 Å². The van der Waals surface area contributed by atoms with E-state index in [1.54, 1.807) is 4.68 Å². The van der Waals surface area contributed by atoms with Crippen molar-refractivity contribution in [3.05, 3.63) is 18.0 Å². The van der Waals surface area contributed by atoms with Gasteiger partial charge in [0.05, 0.1) is 17.7 Å². The third-order valence-electron chi connectivity index (χ3n) is 5.05. The van der Waals surface area contributed by atoms with E-state index in [-0.39, 0.29) is 11.7 Å². The zero-order valence-corrected chi connectivity index (χ0v) is 16.0. The third-order valence-corrected chi connectivity index (χ3v) is 6.89. The molecule has 0 spiro atoms. The van der Waals surface area contributed by atoms with Gasteiger partial charge in [0.1, 0.15) is 0 Å². The zero-order valence-electron chi connectivity index (χ0n) is 15.2. The van der Waals surface area contributed by atoms with Crippen LogP contribution in [-0.4, -0.2) is 60.2 Å². The van der Waals surface area contributed by atoms with Crippen molar-refractivity contribution in [2.45, 2.75) is 44.7 Å². The summed E-state index contributed by atoms with van der Waals surface area (Å²) in [7, 11) is 1.09. The Kier molecular flexibility index (Phi) is 5.66. The number of aliphatic imine (C=N–C) groups is 1. The van der Waals surface area contributed by atoms with Gasteiger partial charge in [0.25, 0.3) is 0 Å². The van der Waals surface area contributed by atoms with Crippen molar-refractivity contribution in [1.82, 2.24) is 20.0 Å². The van der Waals surface area contributed by atoms with Gasteiger partial charge in [0.15, 0.2) is 15.8 Å². The maximum atomic E-state index is 11.7. The van der Waals surface area contributed by atoms with Crippen LogP contribution in [0.15, 0.2) is 17.4 Å². The molecule has 1 N–H and O–H groups in total. The number of aromatic nitrogens is 2. The SMILES string of the molecule is CN(Cc1cnn(C)c1)C(=NCC1CCS(=O)(=O)C1)NC1CCCC1. The van der Waals surface area contributed by atoms with Gasteiger partial charge in [0.2, 0.25) is 0 Å². The Morgan fingerprint density at radius 2 is 2.16 bits per heavy atom. The summed E-state index contributed by atoms with van der Waals surface area (Å²) in [4.78, 5) is 6.89. The molecule has 1 saturated carbocycles. The maximum Gasteiger partial charge on any atom is 0.194 e. The van der Waals surface area contributed by atoms with Crippen molar-refractivity contribution in [2.75, 3.05) is 25.1 Å². The van der Waals surface area contributed by atoms with Gasteiger partial charge in [-0.2, -0.15) is 5.10 Å². The highest BCUT2D eigenvalue weighted by atomic mass is 32.2. The summed E-state index contributed by atoms with van der Waals surface area (Å²) < 4.78 is 25.1. The molecule has 0 bridgehead atoms. The molecule has 2 aliphatic rings. The fraction of sp³-hybridized carbons (Fsp3) is 0.765. The number of hydrogen-bond donors (Lipinski definition) is 1. The summed E-state index contributed by atoms with van der Waals surface area (Å²) >= 11 is 0. The predicted molar refractivity (Wildman–Crippen MR) is 99.1 cm³/mol. The van der Waals surface area contributed by atoms with E-state index >= 15 is 0 Å². The average molecular weight is 368 g/mol. The van der Waals surface area contributed by atoms with Crippen LogP contribution in [0.4, 0.5) is 0 Å². The Hall–Kier alpha value is -1.57. The third kappa shape index (κ3) is 5.20. The van der Waals surface area contributed by atoms with Gasteiger partial charge in [-0.05, 0) is 25.2 Å². The van der Waals surface area contributed by atoms with E-state index in [4.69, 9.17) is 4.99 Å². The Balaban J connectivity index is 1.66. The predicted octanol–water partition coefficient (Wildman–Crippen LogP) is 1.17. The van der Waals surface area contributed by atoms with Crippen LogP contribution in [0.5, 0.6) is 0 Å². The van der Waals surface area contributed by atoms with E-state index in [0.29, 0.717) is 18.3 Å². The molecule has 8 heteroatoms. The molecule has 25 heavy (non-hydrogen) atoms. The molecule has 0 aromatic carbocycles. The Labute approximate surface area is 150 Å². The standard InChI is InChI=1S/C17H29N5O2S/c1-21(11-15-10-19-22(2)12-15)17(20-16-5-3-4-6-16)18-9-14-7-8-25(23,24)13-14/h10,12,14,16H,3-9,11,13H2,1-2H3,(H,18,20). The number of aryl methyl sites for hydroxylation is 1. The second-order valence-electron chi connectivity index (χ2n) is 7.44. The lowest BCUT2D eigenvalue weighted by atomic mass is 10.1. The lowest BCUT2D eigenvalue weighted by Crippen LogP contribution is -2.43. The molecule has 2 fully saturated rings. The molecule has 0 amide bonds. The molecule has 1 aliphatic carbocycles. The quantitative estimate of drug-likeness (QED) is 0.624. The van der Waals surface area contributed by atoms with Crippen molar-refractivity contribution in [1.29, 1.82) is 0 Å². The topological polar surface area (TPSA) is 79.6 Å². The minimum absolute atomic E-state index is 0.150. The van der Waals surface area contributed by atoms with Crippen molar-refractivity contribution in [3.63, 3.8) is 0 Å². The second-order valence-corrected chi connectivity index (χ2v) is 9.67. The molecule has 1 saturated heterocycles. The number of nitrogens with zero attached hydrogens (tertiary/aromatic N) is 4. The molecule has 3 rings (SSSR count). The van der Waals surface area contributed by atoms with Crippen LogP contribution in [0.1, 0.15) is 37.7 Å². The van der Waals surface area contributed by atoms with Gasteiger partial charge in [-0.3, -0.25) is 9.67 Å². The summed E-state index contributed by atoms with van der Waals surface area (Å²) in [6, 6.07) is 0.474. The highest BCUT2D eigenvalue weighted by Gasteiger charge is 2.28. The first kappa shape index (κ1) is 18.2. The van der Waals surface area contributed by atoms with Crippen molar-refractivity contribution in [2.24, 2.45) is 18.0 Å². The van der Waals surface area contributed by atoms with Crippen molar-refractivity contribution >= 4 is 15.8 Å². The minimum Gasteiger partial charge on any atom is -0.354 e. The molecule has 1 aromatic heterocycles. The summed E-state index contributed by atoms with van der Waals surface area (Å²) in [6.45, 7) is 1.31. The van der Waals surface area contributed by atoms with E-state index in [2.05, 4.69) is 15.3 Å². The van der Waals surface area contributed by atoms with Crippen LogP contribution in [-0.2, 0) is 23.4 Å². The first-order valence-electron chi connectivity index (χ1n) is 9.11. The van der Waals surface area contributed by atoms with Crippen LogP contribution in [0.25, 0.3) is 0 Å². The summed E-state index contributed by atoms with van der Waals surface area (Å²) in [6.07, 6.45) is 9.49. The van der Waals surface area contributed by atoms with E-state index in [0.717, 1.165) is 24.5 Å². The lowest BCUT2D eigenvalue weighted by Gasteiger charge is -2.25. The molecular weight excluding hydrogens is 338 g/mol. The molecule has 2 heterocycles. The maximum absolute atomic E-state index is 11.7. The summed E-state index contributed by atoms with van der Waals surface area (Å²) in [5, 5.41) is 7.81. The summed E-state index contributed by atoms with van der Waals surface area (Å²) in [5.41, 5.74) is 1.13. The smallest absolute Gasteiger partial charge is 0.194 e. The van der Waals surface area contributed by atoms with Crippen molar-refractivity contribution < 1.29 is 8.42 Å². The number of guanidine groups is 1. The van der Waals surface area contributed by atoms with E-state index < -0.39 is 9.84 Å². The van der Waals surface area contributed by atoms with Crippen LogP contribution < -0.4 is 5.32 Å². The molecule has 1 aliphatic heterocycles. The largest absolute Gasteiger partial charge is 0.354 e. The molecular formula is C17H29N5O2S. The fourth-order valence-electron chi connectivity index (χ4n) is 3.66. The first-order chi connectivity index (χ1) is 11.9. The molecule has 1 unspecified atom stereocenters. The highest BCUT2D eigenvalue weighted by molar-refractivity contribution is 7.91. The highest BCUT2D eigenvalue weighted by Crippen LogP contribution is 2.20. The van der Waals surface area contributed by atoms with Gasteiger partial charge in [-0.25, -0.2) is 8.42 Å². The van der Waals surface area contributed by atoms with Gasteiger partial charge >= 0.3 is 0 Å². The average Bonchev–Trinajstić information content (AvgIpc) is 3.26. The van der Waals surface area contributed by atoms with Crippen LogP contribution in [0.3, 0.4) is 0 Å². The van der Waals surface area contributed by atoms with E-state index in [1.807, 2.05) is 26.5 Å². The monoisotopic (exact) mass is 367 g/mol. The number of hydrogen-bond acceptors (Lipinski definition) is 4. The van der Waals surface area contributed by atoms with Crippen molar-refractivity contribution in [3.8, 4) is 0 Å². The normalized spacial score (nSPS) is 23.9. The van der Waals surface area contributed by atoms with E-state index in [1.165, 1.54) is 25.7 Å². The second kappa shape index (κ2) is 7.76. The molecule has 1 aromatic rings.